The van der Waals surface area contributed by atoms with Crippen LogP contribution in [0.2, 0.25) is 0 Å². The minimum Gasteiger partial charge on any atom is -0.467 e. The number of carbonyl (C=O) groups excluding carboxylic acids is 1. The van der Waals surface area contributed by atoms with Crippen molar-refractivity contribution >= 4 is 32.6 Å². The first kappa shape index (κ1) is 18.0. The van der Waals surface area contributed by atoms with E-state index in [2.05, 4.69) is 19.1 Å². The first-order valence-electron chi connectivity index (χ1n) is 8.77. The Kier molecular flexibility index (Phi) is 4.68. The van der Waals surface area contributed by atoms with Crippen molar-refractivity contribution in [1.29, 1.82) is 5.26 Å². The topological polar surface area (TPSA) is 70.1 Å². The maximum atomic E-state index is 13.3. The third-order valence-corrected chi connectivity index (χ3v) is 5.67. The number of benzene rings is 2. The maximum absolute atomic E-state index is 13.3. The summed E-state index contributed by atoms with van der Waals surface area (Å²) in [6.07, 6.45) is 1.59. The van der Waals surface area contributed by atoms with Gasteiger partial charge in [-0.05, 0) is 67.4 Å². The largest absolute Gasteiger partial charge is 0.467 e. The van der Waals surface area contributed by atoms with E-state index in [1.165, 1.54) is 11.3 Å². The van der Waals surface area contributed by atoms with Crippen molar-refractivity contribution in [2.45, 2.75) is 20.4 Å². The summed E-state index contributed by atoms with van der Waals surface area (Å²) in [7, 11) is 0. The predicted octanol–water partition coefficient (Wildman–Crippen LogP) is 5.22. The molecule has 0 saturated heterocycles. The van der Waals surface area contributed by atoms with E-state index in [0.717, 1.165) is 21.3 Å². The average molecular weight is 387 g/mol. The normalized spacial score (nSPS) is 10.8. The number of aromatic nitrogens is 1. The molecule has 0 aliphatic rings. The van der Waals surface area contributed by atoms with E-state index >= 15 is 0 Å². The van der Waals surface area contributed by atoms with E-state index in [1.807, 2.05) is 19.1 Å². The third-order valence-electron chi connectivity index (χ3n) is 4.44. The Labute approximate surface area is 166 Å². The lowest BCUT2D eigenvalue weighted by molar-refractivity contribution is 0.0983. The number of rotatable bonds is 4. The summed E-state index contributed by atoms with van der Waals surface area (Å²) in [4.78, 5) is 19.6. The van der Waals surface area contributed by atoms with Crippen molar-refractivity contribution in [2.75, 3.05) is 4.90 Å². The second kappa shape index (κ2) is 7.29. The molecule has 0 atom stereocenters. The highest BCUT2D eigenvalue weighted by atomic mass is 32.1. The molecule has 1 amide bonds. The van der Waals surface area contributed by atoms with Gasteiger partial charge in [-0.1, -0.05) is 17.4 Å². The van der Waals surface area contributed by atoms with Crippen LogP contribution in [0.25, 0.3) is 10.2 Å². The highest BCUT2D eigenvalue weighted by Gasteiger charge is 2.23. The maximum Gasteiger partial charge on any atom is 0.260 e. The first-order chi connectivity index (χ1) is 13.5. The number of amides is 1. The zero-order valence-corrected chi connectivity index (χ0v) is 16.3. The quantitative estimate of drug-likeness (QED) is 0.481. The highest BCUT2D eigenvalue weighted by molar-refractivity contribution is 7.22. The summed E-state index contributed by atoms with van der Waals surface area (Å²) in [5.74, 6) is 0.489. The number of hydrogen-bond acceptors (Lipinski definition) is 5. The Morgan fingerprint density at radius 3 is 2.68 bits per heavy atom. The molecule has 0 aliphatic carbocycles. The van der Waals surface area contributed by atoms with Crippen molar-refractivity contribution in [1.82, 2.24) is 4.98 Å². The van der Waals surface area contributed by atoms with Crippen LogP contribution in [0.4, 0.5) is 5.13 Å². The molecule has 0 spiro atoms. The fourth-order valence-corrected chi connectivity index (χ4v) is 4.12. The van der Waals surface area contributed by atoms with E-state index in [1.54, 1.807) is 41.5 Å². The summed E-state index contributed by atoms with van der Waals surface area (Å²) in [5.41, 5.74) is 4.17. The van der Waals surface area contributed by atoms with E-state index in [-0.39, 0.29) is 12.5 Å². The summed E-state index contributed by atoms with van der Waals surface area (Å²) in [6, 6.07) is 16.5. The number of thiazole rings is 1. The van der Waals surface area contributed by atoms with Gasteiger partial charge in [-0.2, -0.15) is 5.26 Å². The molecule has 0 unspecified atom stereocenters. The number of fused-ring (bicyclic) bond motifs is 1. The molecule has 0 radical (unpaired) electrons. The van der Waals surface area contributed by atoms with Crippen LogP contribution >= 0.6 is 11.3 Å². The van der Waals surface area contributed by atoms with Gasteiger partial charge in [0.15, 0.2) is 5.13 Å². The molecule has 4 aromatic rings. The van der Waals surface area contributed by atoms with Gasteiger partial charge in [-0.3, -0.25) is 9.69 Å². The number of anilines is 1. The Morgan fingerprint density at radius 1 is 1.21 bits per heavy atom. The van der Waals surface area contributed by atoms with Gasteiger partial charge in [-0.15, -0.1) is 0 Å². The Hall–Kier alpha value is -3.43. The molecule has 0 saturated carbocycles. The molecule has 2 aromatic carbocycles. The molecule has 2 aromatic heterocycles. The van der Waals surface area contributed by atoms with Crippen LogP contribution in [0, 0.1) is 25.2 Å². The standard InChI is InChI=1S/C22H17N3O2S/c1-14-10-15(2)20-19(11-14)24-22(28-20)25(13-18-4-3-9-27-18)21(26)17-7-5-16(12-23)6-8-17/h3-11H,13H2,1-2H3. The summed E-state index contributed by atoms with van der Waals surface area (Å²) < 4.78 is 6.53. The van der Waals surface area contributed by atoms with Gasteiger partial charge in [0.05, 0.1) is 34.7 Å². The lowest BCUT2D eigenvalue weighted by atomic mass is 10.1. The summed E-state index contributed by atoms with van der Waals surface area (Å²) in [5, 5.41) is 9.61. The zero-order chi connectivity index (χ0) is 19.7. The van der Waals surface area contributed by atoms with Gasteiger partial charge >= 0.3 is 0 Å². The molecule has 138 valence electrons. The lowest BCUT2D eigenvalue weighted by Gasteiger charge is -2.18. The average Bonchev–Trinajstić information content (AvgIpc) is 3.35. The molecule has 28 heavy (non-hydrogen) atoms. The molecule has 0 fully saturated rings. The Balaban J connectivity index is 1.78. The number of aryl methyl sites for hydroxylation is 2. The number of furan rings is 1. The van der Waals surface area contributed by atoms with Crippen molar-refractivity contribution in [2.24, 2.45) is 0 Å². The number of nitrogens with zero attached hydrogens (tertiary/aromatic N) is 3. The molecule has 0 aliphatic heterocycles. The monoisotopic (exact) mass is 387 g/mol. The predicted molar refractivity (Wildman–Crippen MR) is 109 cm³/mol. The van der Waals surface area contributed by atoms with Crippen molar-refractivity contribution in [3.05, 3.63) is 82.8 Å². The molecule has 4 rings (SSSR count). The van der Waals surface area contributed by atoms with Crippen LogP contribution in [0.3, 0.4) is 0 Å². The smallest absolute Gasteiger partial charge is 0.260 e. The molecular formula is C22H17N3O2S. The van der Waals surface area contributed by atoms with Gasteiger partial charge in [0.25, 0.3) is 5.91 Å². The van der Waals surface area contributed by atoms with Crippen molar-refractivity contribution in [3.63, 3.8) is 0 Å². The molecule has 2 heterocycles. The highest BCUT2D eigenvalue weighted by Crippen LogP contribution is 2.33. The lowest BCUT2D eigenvalue weighted by Crippen LogP contribution is -2.30. The zero-order valence-electron chi connectivity index (χ0n) is 15.5. The number of hydrogen-bond donors (Lipinski definition) is 0. The number of nitriles is 1. The van der Waals surface area contributed by atoms with Crippen LogP contribution < -0.4 is 4.90 Å². The van der Waals surface area contributed by atoms with Crippen LogP contribution in [0.1, 0.15) is 32.8 Å². The third kappa shape index (κ3) is 3.40. The van der Waals surface area contributed by atoms with E-state index in [4.69, 9.17) is 14.7 Å². The molecule has 0 bridgehead atoms. The Bertz CT molecular complexity index is 1190. The summed E-state index contributed by atoms with van der Waals surface area (Å²) in [6.45, 7) is 4.37. The fraction of sp³-hybridized carbons (Fsp3) is 0.136. The van der Waals surface area contributed by atoms with Gasteiger partial charge in [0.2, 0.25) is 0 Å². The van der Waals surface area contributed by atoms with Gasteiger partial charge in [-0.25, -0.2) is 4.98 Å². The van der Waals surface area contributed by atoms with Crippen LogP contribution in [0.15, 0.2) is 59.2 Å². The first-order valence-corrected chi connectivity index (χ1v) is 9.59. The van der Waals surface area contributed by atoms with E-state index < -0.39 is 0 Å². The van der Waals surface area contributed by atoms with Crippen LogP contribution in [-0.2, 0) is 6.54 Å². The minimum absolute atomic E-state index is 0.186. The second-order valence-corrected chi connectivity index (χ2v) is 7.56. The molecule has 0 N–H and O–H groups in total. The fourth-order valence-electron chi connectivity index (χ4n) is 3.11. The molecule has 5 nitrogen and oxygen atoms in total. The van der Waals surface area contributed by atoms with Gasteiger partial charge < -0.3 is 4.42 Å². The van der Waals surface area contributed by atoms with Gasteiger partial charge in [0.1, 0.15) is 5.76 Å². The van der Waals surface area contributed by atoms with Crippen molar-refractivity contribution in [3.8, 4) is 6.07 Å². The second-order valence-electron chi connectivity index (χ2n) is 6.59. The van der Waals surface area contributed by atoms with E-state index in [0.29, 0.717) is 22.0 Å². The number of carbonyl (C=O) groups is 1. The molecular weight excluding hydrogens is 370 g/mol. The van der Waals surface area contributed by atoms with Crippen LogP contribution in [-0.4, -0.2) is 10.9 Å². The van der Waals surface area contributed by atoms with Gasteiger partial charge in [0, 0.05) is 5.56 Å². The summed E-state index contributed by atoms with van der Waals surface area (Å²) >= 11 is 1.49. The van der Waals surface area contributed by atoms with Crippen LogP contribution in [0.5, 0.6) is 0 Å². The minimum atomic E-state index is -0.186. The van der Waals surface area contributed by atoms with E-state index in [9.17, 15) is 4.79 Å². The SMILES string of the molecule is Cc1cc(C)c2sc(N(Cc3ccco3)C(=O)c3ccc(C#N)cc3)nc2c1. The van der Waals surface area contributed by atoms with Crippen molar-refractivity contribution < 1.29 is 9.21 Å². The Morgan fingerprint density at radius 2 is 2.00 bits per heavy atom. The molecule has 6 heteroatoms.